The fraction of sp³-hybridized carbons (Fsp3) is 0.800. The Morgan fingerprint density at radius 3 is 3.08 bits per heavy atom. The molecule has 1 heterocycles. The first-order valence-corrected chi connectivity index (χ1v) is 5.72. The number of hydrogen-bond donors (Lipinski definition) is 1. The summed E-state index contributed by atoms with van der Waals surface area (Å²) in [7, 11) is 2.05. The zero-order valence-electron chi connectivity index (χ0n) is 7.68. The van der Waals surface area contributed by atoms with Crippen molar-refractivity contribution in [3.63, 3.8) is 0 Å². The molecular weight excluding hydrogens is 166 g/mol. The first-order valence-electron chi connectivity index (χ1n) is 4.57. The highest BCUT2D eigenvalue weighted by Crippen LogP contribution is 2.27. The molecule has 1 aliphatic rings. The molecule has 2 unspecified atom stereocenters. The lowest BCUT2D eigenvalue weighted by Gasteiger charge is -2.21. The van der Waals surface area contributed by atoms with Gasteiger partial charge >= 0.3 is 0 Å². The molecule has 0 aromatic carbocycles. The van der Waals surface area contributed by atoms with Gasteiger partial charge in [0.1, 0.15) is 0 Å². The maximum absolute atomic E-state index is 5.25. The molecule has 0 saturated carbocycles. The highest BCUT2D eigenvalue weighted by atomic mass is 32.2. The van der Waals surface area contributed by atoms with Crippen LogP contribution in [-0.2, 0) is 0 Å². The minimum atomic E-state index is 0.649. The molecule has 1 rings (SSSR count). The van der Waals surface area contributed by atoms with Crippen LogP contribution in [0.3, 0.4) is 0 Å². The van der Waals surface area contributed by atoms with Crippen LogP contribution in [0.5, 0.6) is 0 Å². The van der Waals surface area contributed by atoms with E-state index in [9.17, 15) is 0 Å². The monoisotopic (exact) mass is 183 g/mol. The van der Waals surface area contributed by atoms with E-state index in [0.29, 0.717) is 6.04 Å². The number of hydrogen-bond acceptors (Lipinski definition) is 2. The average molecular weight is 183 g/mol. The van der Waals surface area contributed by atoms with Crippen LogP contribution in [0.1, 0.15) is 19.3 Å². The molecule has 1 N–H and O–H groups in total. The molecule has 68 valence electrons. The molecule has 2 atom stereocenters. The van der Waals surface area contributed by atoms with Gasteiger partial charge in [-0.1, -0.05) is 0 Å². The Kier molecular flexibility index (Phi) is 4.57. The molecule has 0 bridgehead atoms. The molecular formula is C10H17NS. The zero-order valence-corrected chi connectivity index (χ0v) is 8.49. The number of terminal acetylenes is 1. The van der Waals surface area contributed by atoms with Gasteiger partial charge in [0, 0.05) is 12.5 Å². The minimum Gasteiger partial charge on any atom is -0.317 e. The number of thioether (sulfide) groups is 1. The van der Waals surface area contributed by atoms with Gasteiger partial charge in [-0.25, -0.2) is 0 Å². The molecule has 1 fully saturated rings. The van der Waals surface area contributed by atoms with Gasteiger partial charge in [-0.15, -0.1) is 12.3 Å². The lowest BCUT2D eigenvalue weighted by molar-refractivity contribution is 0.388. The van der Waals surface area contributed by atoms with Gasteiger partial charge in [0.25, 0.3) is 0 Å². The molecule has 0 aromatic heterocycles. The summed E-state index contributed by atoms with van der Waals surface area (Å²) in [5.41, 5.74) is 0. The lowest BCUT2D eigenvalue weighted by Crippen LogP contribution is -2.33. The van der Waals surface area contributed by atoms with Gasteiger partial charge in [0.2, 0.25) is 0 Å². The quantitative estimate of drug-likeness (QED) is 0.666. The Balaban J connectivity index is 2.28. The summed E-state index contributed by atoms with van der Waals surface area (Å²) < 4.78 is 0. The van der Waals surface area contributed by atoms with E-state index < -0.39 is 0 Å². The molecule has 1 aliphatic heterocycles. The van der Waals surface area contributed by atoms with Crippen LogP contribution in [0.4, 0.5) is 0 Å². The van der Waals surface area contributed by atoms with Crippen molar-refractivity contribution >= 4 is 11.8 Å². The van der Waals surface area contributed by atoms with Crippen LogP contribution in [0, 0.1) is 18.3 Å². The standard InChI is InChI=1S/C10H17NS/c1-3-4-5-10(11-2)9-6-7-12-8-9/h1,9-11H,4-8H2,2H3. The molecule has 0 aromatic rings. The largest absolute Gasteiger partial charge is 0.317 e. The third-order valence-corrected chi connectivity index (χ3v) is 3.69. The SMILES string of the molecule is C#CCCC(NC)C1CCSC1. The van der Waals surface area contributed by atoms with Crippen LogP contribution in [0.25, 0.3) is 0 Å². The maximum atomic E-state index is 5.25. The normalized spacial score (nSPS) is 25.2. The lowest BCUT2D eigenvalue weighted by atomic mass is 9.95. The van der Waals surface area contributed by atoms with Gasteiger partial charge in [0.15, 0.2) is 0 Å². The highest BCUT2D eigenvalue weighted by molar-refractivity contribution is 7.99. The van der Waals surface area contributed by atoms with Crippen molar-refractivity contribution in [3.05, 3.63) is 0 Å². The second kappa shape index (κ2) is 5.50. The maximum Gasteiger partial charge on any atom is 0.0110 e. The summed E-state index contributed by atoms with van der Waals surface area (Å²) >= 11 is 2.07. The van der Waals surface area contributed by atoms with Gasteiger partial charge < -0.3 is 5.32 Å². The minimum absolute atomic E-state index is 0.649. The smallest absolute Gasteiger partial charge is 0.0110 e. The summed E-state index contributed by atoms with van der Waals surface area (Å²) in [6, 6.07) is 0.649. The summed E-state index contributed by atoms with van der Waals surface area (Å²) in [5, 5.41) is 3.37. The van der Waals surface area contributed by atoms with Gasteiger partial charge in [0.05, 0.1) is 0 Å². The molecule has 1 saturated heterocycles. The van der Waals surface area contributed by atoms with Crippen molar-refractivity contribution in [2.45, 2.75) is 25.3 Å². The molecule has 12 heavy (non-hydrogen) atoms. The Labute approximate surface area is 79.7 Å². The third-order valence-electron chi connectivity index (χ3n) is 2.50. The van der Waals surface area contributed by atoms with Crippen molar-refractivity contribution in [1.29, 1.82) is 0 Å². The van der Waals surface area contributed by atoms with E-state index >= 15 is 0 Å². The Morgan fingerprint density at radius 1 is 1.75 bits per heavy atom. The van der Waals surface area contributed by atoms with E-state index in [4.69, 9.17) is 6.42 Å². The van der Waals surface area contributed by atoms with Crippen LogP contribution in [-0.4, -0.2) is 24.6 Å². The van der Waals surface area contributed by atoms with E-state index in [0.717, 1.165) is 18.8 Å². The van der Waals surface area contributed by atoms with Gasteiger partial charge in [-0.05, 0) is 37.3 Å². The Hall–Kier alpha value is -0.130. The van der Waals surface area contributed by atoms with Crippen molar-refractivity contribution in [2.75, 3.05) is 18.6 Å². The van der Waals surface area contributed by atoms with E-state index in [1.54, 1.807) is 0 Å². The van der Waals surface area contributed by atoms with E-state index in [-0.39, 0.29) is 0 Å². The predicted molar refractivity (Wildman–Crippen MR) is 56.3 cm³/mol. The zero-order chi connectivity index (χ0) is 8.81. The van der Waals surface area contributed by atoms with Gasteiger partial charge in [-0.3, -0.25) is 0 Å². The van der Waals surface area contributed by atoms with Gasteiger partial charge in [-0.2, -0.15) is 11.8 Å². The summed E-state index contributed by atoms with van der Waals surface area (Å²) in [5.74, 6) is 6.21. The van der Waals surface area contributed by atoms with E-state index in [2.05, 4.69) is 23.0 Å². The summed E-state index contributed by atoms with van der Waals surface area (Å²) in [6.45, 7) is 0. The fourth-order valence-electron chi connectivity index (χ4n) is 1.72. The topological polar surface area (TPSA) is 12.0 Å². The predicted octanol–water partition coefficient (Wildman–Crippen LogP) is 1.74. The molecule has 0 amide bonds. The fourth-order valence-corrected chi connectivity index (χ4v) is 3.06. The van der Waals surface area contributed by atoms with Crippen molar-refractivity contribution < 1.29 is 0 Å². The molecule has 0 spiro atoms. The van der Waals surface area contributed by atoms with Crippen LogP contribution in [0.15, 0.2) is 0 Å². The van der Waals surface area contributed by atoms with E-state index in [1.165, 1.54) is 17.9 Å². The molecule has 0 radical (unpaired) electrons. The Bertz CT molecular complexity index is 156. The number of nitrogens with one attached hydrogen (secondary N) is 1. The first kappa shape index (κ1) is 9.95. The van der Waals surface area contributed by atoms with Crippen molar-refractivity contribution in [1.82, 2.24) is 5.32 Å². The first-order chi connectivity index (χ1) is 5.88. The second-order valence-corrected chi connectivity index (χ2v) is 4.41. The second-order valence-electron chi connectivity index (χ2n) is 3.26. The van der Waals surface area contributed by atoms with Crippen LogP contribution < -0.4 is 5.32 Å². The van der Waals surface area contributed by atoms with Crippen LogP contribution in [0.2, 0.25) is 0 Å². The third kappa shape index (κ3) is 2.73. The summed E-state index contributed by atoms with van der Waals surface area (Å²) in [6.07, 6.45) is 8.66. The number of rotatable bonds is 4. The Morgan fingerprint density at radius 2 is 2.58 bits per heavy atom. The molecule has 1 nitrogen and oxygen atoms in total. The summed E-state index contributed by atoms with van der Waals surface area (Å²) in [4.78, 5) is 0. The van der Waals surface area contributed by atoms with Crippen LogP contribution >= 0.6 is 11.8 Å². The van der Waals surface area contributed by atoms with E-state index in [1.807, 2.05) is 7.05 Å². The average Bonchev–Trinajstić information content (AvgIpc) is 2.59. The van der Waals surface area contributed by atoms with Crippen molar-refractivity contribution in [3.8, 4) is 12.3 Å². The van der Waals surface area contributed by atoms with Crippen molar-refractivity contribution in [2.24, 2.45) is 5.92 Å². The highest BCUT2D eigenvalue weighted by Gasteiger charge is 2.23. The molecule has 2 heteroatoms. The molecule has 0 aliphatic carbocycles.